The van der Waals surface area contributed by atoms with Gasteiger partial charge in [0.25, 0.3) is 0 Å². The Bertz CT molecular complexity index is 861. The first-order valence-corrected chi connectivity index (χ1v) is 8.12. The van der Waals surface area contributed by atoms with Crippen LogP contribution in [0.5, 0.6) is 0 Å². The molecule has 132 valence electrons. The third-order valence-corrected chi connectivity index (χ3v) is 4.01. The van der Waals surface area contributed by atoms with Crippen LogP contribution in [0.2, 0.25) is 0 Å². The van der Waals surface area contributed by atoms with Gasteiger partial charge in [-0.25, -0.2) is 14.5 Å². The number of fused-ring (bicyclic) bond motifs is 1. The number of aromatic nitrogens is 4. The van der Waals surface area contributed by atoms with Gasteiger partial charge in [0.1, 0.15) is 24.6 Å². The second-order valence-corrected chi connectivity index (χ2v) is 6.33. The molecule has 24 heavy (non-hydrogen) atoms. The van der Waals surface area contributed by atoms with Crippen molar-refractivity contribution in [3.05, 3.63) is 18.1 Å². The van der Waals surface area contributed by atoms with Gasteiger partial charge >= 0.3 is 7.82 Å². The lowest BCUT2D eigenvalue weighted by Crippen LogP contribution is -2.33. The molecule has 2 aromatic rings. The van der Waals surface area contributed by atoms with E-state index in [0.29, 0.717) is 4.73 Å². The third kappa shape index (κ3) is 2.93. The summed E-state index contributed by atoms with van der Waals surface area (Å²) in [5, 5.41) is 37.1. The van der Waals surface area contributed by atoms with Crippen molar-refractivity contribution in [2.24, 2.45) is 0 Å². The number of aliphatic hydroxyl groups is 2. The van der Waals surface area contributed by atoms with Crippen molar-refractivity contribution >= 4 is 19.0 Å². The zero-order valence-electron chi connectivity index (χ0n) is 11.9. The fourth-order valence-corrected chi connectivity index (χ4v) is 2.72. The van der Waals surface area contributed by atoms with Gasteiger partial charge in [-0.3, -0.25) is 14.5 Å². The standard InChI is InChI=1S/C10H14N5O8P/c11-8-5-9(13-3-15(8)18)14(2-12-5)10-7(17)6(16)4(23-10)1-22-24(19,20)21/h2-4,6-7,10-11,16-18H,1H2,(H2,19,20,21)/t4?,6-,7?,10-/m1/s1. The van der Waals surface area contributed by atoms with Crippen LogP contribution in [0, 0.1) is 5.41 Å². The molecule has 14 heteroatoms. The predicted octanol–water partition coefficient (Wildman–Crippen LogP) is -2.32. The quantitative estimate of drug-likeness (QED) is 0.253. The lowest BCUT2D eigenvalue weighted by Gasteiger charge is -2.16. The number of phosphoric ester groups is 1. The van der Waals surface area contributed by atoms with Crippen LogP contribution in [0.1, 0.15) is 6.23 Å². The minimum Gasteiger partial charge on any atom is -0.425 e. The minimum absolute atomic E-state index is 0.0280. The van der Waals surface area contributed by atoms with Crippen LogP contribution in [0.25, 0.3) is 11.2 Å². The second-order valence-electron chi connectivity index (χ2n) is 5.09. The molecule has 2 unspecified atom stereocenters. The molecule has 0 saturated carbocycles. The first kappa shape index (κ1) is 17.0. The Morgan fingerprint density at radius 1 is 1.29 bits per heavy atom. The highest BCUT2D eigenvalue weighted by Gasteiger charge is 2.45. The number of rotatable bonds is 4. The molecule has 1 aliphatic heterocycles. The minimum atomic E-state index is -4.76. The molecule has 3 rings (SSSR count). The van der Waals surface area contributed by atoms with Crippen LogP contribution in [0.3, 0.4) is 0 Å². The number of hydrogen-bond donors (Lipinski definition) is 6. The monoisotopic (exact) mass is 363 g/mol. The van der Waals surface area contributed by atoms with E-state index in [2.05, 4.69) is 14.5 Å². The van der Waals surface area contributed by atoms with E-state index in [1.807, 2.05) is 0 Å². The molecular formula is C10H14N5O8P. The Labute approximate surface area is 133 Å². The van der Waals surface area contributed by atoms with Crippen LogP contribution in [-0.4, -0.2) is 69.4 Å². The van der Waals surface area contributed by atoms with Crippen LogP contribution in [-0.2, 0) is 13.8 Å². The van der Waals surface area contributed by atoms with Gasteiger partial charge in [-0.15, -0.1) is 0 Å². The first-order chi connectivity index (χ1) is 11.2. The van der Waals surface area contributed by atoms with Crippen molar-refractivity contribution in [2.45, 2.75) is 24.5 Å². The van der Waals surface area contributed by atoms with Crippen molar-refractivity contribution in [3.63, 3.8) is 0 Å². The van der Waals surface area contributed by atoms with Gasteiger partial charge in [-0.05, 0) is 0 Å². The summed E-state index contributed by atoms with van der Waals surface area (Å²) in [5.74, 6) is 0. The molecule has 0 bridgehead atoms. The largest absolute Gasteiger partial charge is 0.469 e. The molecule has 0 aliphatic carbocycles. The van der Waals surface area contributed by atoms with Gasteiger partial charge in [0.15, 0.2) is 22.9 Å². The van der Waals surface area contributed by atoms with Crippen LogP contribution >= 0.6 is 7.82 Å². The highest BCUT2D eigenvalue weighted by molar-refractivity contribution is 7.46. The van der Waals surface area contributed by atoms with Crippen molar-refractivity contribution < 1.29 is 39.0 Å². The van der Waals surface area contributed by atoms with Crippen molar-refractivity contribution in [2.75, 3.05) is 6.61 Å². The second kappa shape index (κ2) is 5.89. The van der Waals surface area contributed by atoms with Gasteiger partial charge in [-0.2, -0.15) is 4.73 Å². The van der Waals surface area contributed by atoms with E-state index in [0.717, 1.165) is 6.33 Å². The third-order valence-electron chi connectivity index (χ3n) is 3.53. The number of hydrogen-bond acceptors (Lipinski definition) is 9. The summed E-state index contributed by atoms with van der Waals surface area (Å²) < 4.78 is 22.1. The van der Waals surface area contributed by atoms with E-state index >= 15 is 0 Å². The number of phosphoric acid groups is 1. The lowest BCUT2D eigenvalue weighted by atomic mass is 10.1. The zero-order valence-corrected chi connectivity index (χ0v) is 12.8. The SMILES string of the molecule is N=c1c2ncn([C@@H]3OC(COP(=O)(O)O)[C@@H](O)C3O)c2ncn1O. The van der Waals surface area contributed by atoms with Gasteiger partial charge < -0.3 is 29.9 Å². The smallest absolute Gasteiger partial charge is 0.425 e. The summed E-state index contributed by atoms with van der Waals surface area (Å²) in [6.45, 7) is -0.639. The van der Waals surface area contributed by atoms with E-state index in [-0.39, 0.29) is 16.7 Å². The van der Waals surface area contributed by atoms with Crippen LogP contribution in [0.15, 0.2) is 12.7 Å². The first-order valence-electron chi connectivity index (χ1n) is 6.59. The summed E-state index contributed by atoms with van der Waals surface area (Å²) in [4.78, 5) is 25.2. The number of imidazole rings is 1. The average molecular weight is 363 g/mol. The molecule has 1 aliphatic rings. The van der Waals surface area contributed by atoms with Crippen molar-refractivity contribution in [1.29, 1.82) is 5.41 Å². The Morgan fingerprint density at radius 3 is 2.67 bits per heavy atom. The fourth-order valence-electron chi connectivity index (χ4n) is 2.38. The predicted molar refractivity (Wildman–Crippen MR) is 72.5 cm³/mol. The maximum atomic E-state index is 10.7. The van der Waals surface area contributed by atoms with E-state index in [4.69, 9.17) is 19.9 Å². The van der Waals surface area contributed by atoms with E-state index in [1.165, 1.54) is 10.9 Å². The topological polar surface area (TPSA) is 196 Å². The molecule has 0 aromatic carbocycles. The molecule has 3 heterocycles. The summed E-state index contributed by atoms with van der Waals surface area (Å²) >= 11 is 0. The molecule has 1 saturated heterocycles. The van der Waals surface area contributed by atoms with Crippen LogP contribution in [0.4, 0.5) is 0 Å². The fraction of sp³-hybridized carbons (Fsp3) is 0.500. The normalized spacial score (nSPS) is 27.8. The molecule has 13 nitrogen and oxygen atoms in total. The maximum Gasteiger partial charge on any atom is 0.469 e. The van der Waals surface area contributed by atoms with Crippen LogP contribution < -0.4 is 5.49 Å². The lowest BCUT2D eigenvalue weighted by molar-refractivity contribution is -0.0504. The Balaban J connectivity index is 1.89. The molecule has 0 spiro atoms. The van der Waals surface area contributed by atoms with E-state index < -0.39 is 39.0 Å². The Kier molecular flexibility index (Phi) is 4.17. The Morgan fingerprint density at radius 2 is 2.00 bits per heavy atom. The molecule has 6 N–H and O–H groups in total. The summed E-state index contributed by atoms with van der Waals surface area (Å²) in [5.41, 5.74) is -0.202. The summed E-state index contributed by atoms with van der Waals surface area (Å²) in [6, 6.07) is 0. The highest BCUT2D eigenvalue weighted by Crippen LogP contribution is 2.38. The molecule has 2 aromatic heterocycles. The number of nitrogens with one attached hydrogen (secondary N) is 1. The van der Waals surface area contributed by atoms with Gasteiger partial charge in [0, 0.05) is 0 Å². The van der Waals surface area contributed by atoms with Crippen molar-refractivity contribution in [1.82, 2.24) is 19.3 Å². The molecule has 0 radical (unpaired) electrons. The van der Waals surface area contributed by atoms with Crippen molar-refractivity contribution in [3.8, 4) is 0 Å². The number of aliphatic hydroxyl groups excluding tert-OH is 2. The average Bonchev–Trinajstić information content (AvgIpc) is 3.04. The van der Waals surface area contributed by atoms with E-state index in [1.54, 1.807) is 0 Å². The molecule has 0 amide bonds. The molecule has 1 fully saturated rings. The number of nitrogens with zero attached hydrogens (tertiary/aromatic N) is 4. The zero-order chi connectivity index (χ0) is 17.6. The number of ether oxygens (including phenoxy) is 1. The summed E-state index contributed by atoms with van der Waals surface area (Å²) in [6.07, 6.45) is -3.14. The van der Waals surface area contributed by atoms with Gasteiger partial charge in [0.05, 0.1) is 12.9 Å². The van der Waals surface area contributed by atoms with Gasteiger partial charge in [-0.1, -0.05) is 0 Å². The maximum absolute atomic E-state index is 10.7. The molecular weight excluding hydrogens is 349 g/mol. The Hall–Kier alpha value is -1.86. The highest BCUT2D eigenvalue weighted by atomic mass is 31.2. The van der Waals surface area contributed by atoms with Gasteiger partial charge in [0.2, 0.25) is 0 Å². The van der Waals surface area contributed by atoms with E-state index in [9.17, 15) is 20.0 Å². The summed E-state index contributed by atoms with van der Waals surface area (Å²) in [7, 11) is -4.76. The molecule has 4 atom stereocenters.